The van der Waals surface area contributed by atoms with Crippen LogP contribution in [0, 0.1) is 0 Å². The van der Waals surface area contributed by atoms with E-state index < -0.39 is 11.7 Å². The zero-order valence-electron chi connectivity index (χ0n) is 10.6. The van der Waals surface area contributed by atoms with Crippen LogP contribution in [0.5, 0.6) is 0 Å². The van der Waals surface area contributed by atoms with Crippen molar-refractivity contribution in [3.63, 3.8) is 0 Å². The van der Waals surface area contributed by atoms with Crippen LogP contribution < -0.4 is 5.32 Å². The van der Waals surface area contributed by atoms with E-state index >= 15 is 0 Å². The van der Waals surface area contributed by atoms with E-state index in [2.05, 4.69) is 26.2 Å². The molecule has 0 fully saturated rings. The van der Waals surface area contributed by atoms with E-state index in [0.29, 0.717) is 10.2 Å². The number of anilines is 1. The smallest absolute Gasteiger partial charge is 0.378 e. The summed E-state index contributed by atoms with van der Waals surface area (Å²) in [6, 6.07) is 7.30. The molecule has 106 valence electrons. The highest BCUT2D eigenvalue weighted by molar-refractivity contribution is 9.10. The molecule has 2 rings (SSSR count). The Morgan fingerprint density at radius 3 is 2.40 bits per heavy atom. The molecule has 0 saturated carbocycles. The summed E-state index contributed by atoms with van der Waals surface area (Å²) in [6.07, 6.45) is -1.06. The topological polar surface area (TPSA) is 24.9 Å². The van der Waals surface area contributed by atoms with Crippen LogP contribution in [0.15, 0.2) is 47.2 Å². The SMILES string of the molecule is CC(Nc1cc(Br)cc(C(F)(F)F)c1)c1ccncc1. The Kier molecular flexibility index (Phi) is 4.32. The van der Waals surface area contributed by atoms with E-state index in [4.69, 9.17) is 0 Å². The minimum atomic E-state index is -4.36. The largest absolute Gasteiger partial charge is 0.416 e. The van der Waals surface area contributed by atoms with E-state index in [-0.39, 0.29) is 6.04 Å². The lowest BCUT2D eigenvalue weighted by Crippen LogP contribution is -2.09. The van der Waals surface area contributed by atoms with Crippen LogP contribution in [0.25, 0.3) is 0 Å². The molecule has 2 nitrogen and oxygen atoms in total. The summed E-state index contributed by atoms with van der Waals surface area (Å²) in [6.45, 7) is 1.88. The third kappa shape index (κ3) is 3.72. The molecule has 1 heterocycles. The zero-order valence-corrected chi connectivity index (χ0v) is 12.2. The van der Waals surface area contributed by atoms with Crippen LogP contribution in [0.3, 0.4) is 0 Å². The Balaban J connectivity index is 2.24. The van der Waals surface area contributed by atoms with E-state index in [0.717, 1.165) is 17.7 Å². The van der Waals surface area contributed by atoms with Gasteiger partial charge < -0.3 is 5.32 Å². The normalized spacial score (nSPS) is 13.1. The fraction of sp³-hybridized carbons (Fsp3) is 0.214. The summed E-state index contributed by atoms with van der Waals surface area (Å²) in [7, 11) is 0. The Morgan fingerprint density at radius 1 is 1.15 bits per heavy atom. The average molecular weight is 345 g/mol. The molecule has 0 aliphatic carbocycles. The van der Waals surface area contributed by atoms with Gasteiger partial charge in [0.25, 0.3) is 0 Å². The first-order valence-corrected chi connectivity index (χ1v) is 6.70. The van der Waals surface area contributed by atoms with E-state index in [1.807, 2.05) is 19.1 Å². The summed E-state index contributed by atoms with van der Waals surface area (Å²) in [5.41, 5.74) is 0.681. The van der Waals surface area contributed by atoms with Gasteiger partial charge in [0.15, 0.2) is 0 Å². The van der Waals surface area contributed by atoms with Gasteiger partial charge >= 0.3 is 6.18 Å². The molecule has 6 heteroatoms. The van der Waals surface area contributed by atoms with Crippen LogP contribution in [0.2, 0.25) is 0 Å². The highest BCUT2D eigenvalue weighted by Crippen LogP contribution is 2.34. The lowest BCUT2D eigenvalue weighted by molar-refractivity contribution is -0.137. The second kappa shape index (κ2) is 5.83. The molecule has 0 radical (unpaired) electrons. The van der Waals surface area contributed by atoms with Crippen molar-refractivity contribution in [3.05, 3.63) is 58.3 Å². The molecule has 1 aromatic carbocycles. The molecule has 0 spiro atoms. The summed E-state index contributed by atoms with van der Waals surface area (Å²) in [5.74, 6) is 0. The van der Waals surface area contributed by atoms with Crippen molar-refractivity contribution in [1.29, 1.82) is 0 Å². The zero-order chi connectivity index (χ0) is 14.8. The quantitative estimate of drug-likeness (QED) is 0.843. The second-order valence-corrected chi connectivity index (χ2v) is 5.29. The maximum Gasteiger partial charge on any atom is 0.416 e. The fourth-order valence-electron chi connectivity index (χ4n) is 1.82. The molecule has 1 aromatic heterocycles. The Hall–Kier alpha value is -1.56. The standard InChI is InChI=1S/C14H12BrF3N2/c1-9(10-2-4-19-5-3-10)20-13-7-11(14(16,17)18)6-12(15)8-13/h2-9,20H,1H3. The van der Waals surface area contributed by atoms with Crippen LogP contribution in [-0.2, 0) is 6.18 Å². The maximum atomic E-state index is 12.8. The van der Waals surface area contributed by atoms with Crippen molar-refractivity contribution in [3.8, 4) is 0 Å². The number of halogens is 4. The first-order chi connectivity index (χ1) is 9.36. The summed E-state index contributed by atoms with van der Waals surface area (Å²) < 4.78 is 38.6. The van der Waals surface area contributed by atoms with Crippen molar-refractivity contribution in [2.75, 3.05) is 5.32 Å². The van der Waals surface area contributed by atoms with Gasteiger partial charge in [0.1, 0.15) is 0 Å². The Bertz CT molecular complexity index is 585. The Morgan fingerprint density at radius 2 is 1.80 bits per heavy atom. The van der Waals surface area contributed by atoms with E-state index in [9.17, 15) is 13.2 Å². The molecule has 0 saturated heterocycles. The third-order valence-electron chi connectivity index (χ3n) is 2.81. The number of rotatable bonds is 3. The molecule has 0 aliphatic heterocycles. The van der Waals surface area contributed by atoms with Gasteiger partial charge in [-0.1, -0.05) is 15.9 Å². The van der Waals surface area contributed by atoms with Crippen LogP contribution in [-0.4, -0.2) is 4.98 Å². The molecule has 1 atom stereocenters. The third-order valence-corrected chi connectivity index (χ3v) is 3.27. The fourth-order valence-corrected chi connectivity index (χ4v) is 2.32. The van der Waals surface area contributed by atoms with E-state index in [1.165, 1.54) is 0 Å². The molecule has 0 amide bonds. The molecule has 2 aromatic rings. The number of aromatic nitrogens is 1. The van der Waals surface area contributed by atoms with Gasteiger partial charge in [-0.05, 0) is 42.8 Å². The van der Waals surface area contributed by atoms with Gasteiger partial charge in [0, 0.05) is 28.6 Å². The number of nitrogens with one attached hydrogen (secondary N) is 1. The summed E-state index contributed by atoms with van der Waals surface area (Å²) in [5, 5.41) is 3.05. The van der Waals surface area contributed by atoms with Gasteiger partial charge in [-0.15, -0.1) is 0 Å². The molecule has 1 N–H and O–H groups in total. The number of benzene rings is 1. The number of hydrogen-bond donors (Lipinski definition) is 1. The van der Waals surface area contributed by atoms with Crippen LogP contribution in [0.4, 0.5) is 18.9 Å². The average Bonchev–Trinajstić information content (AvgIpc) is 2.38. The number of alkyl halides is 3. The van der Waals surface area contributed by atoms with E-state index in [1.54, 1.807) is 18.5 Å². The highest BCUT2D eigenvalue weighted by atomic mass is 79.9. The van der Waals surface area contributed by atoms with Gasteiger partial charge in [-0.3, -0.25) is 4.98 Å². The van der Waals surface area contributed by atoms with Gasteiger partial charge in [0.05, 0.1) is 5.56 Å². The highest BCUT2D eigenvalue weighted by Gasteiger charge is 2.31. The molecular formula is C14H12BrF3N2. The van der Waals surface area contributed by atoms with Gasteiger partial charge in [-0.25, -0.2) is 0 Å². The molecular weight excluding hydrogens is 333 g/mol. The Labute approximate surface area is 123 Å². The maximum absolute atomic E-state index is 12.8. The van der Waals surface area contributed by atoms with Crippen molar-refractivity contribution in [2.45, 2.75) is 19.1 Å². The molecule has 1 unspecified atom stereocenters. The first kappa shape index (κ1) is 14.8. The first-order valence-electron chi connectivity index (χ1n) is 5.90. The monoisotopic (exact) mass is 344 g/mol. The van der Waals surface area contributed by atoms with Crippen molar-refractivity contribution in [2.24, 2.45) is 0 Å². The summed E-state index contributed by atoms with van der Waals surface area (Å²) in [4.78, 5) is 3.91. The van der Waals surface area contributed by atoms with Crippen molar-refractivity contribution in [1.82, 2.24) is 4.98 Å². The van der Waals surface area contributed by atoms with Crippen molar-refractivity contribution < 1.29 is 13.2 Å². The lowest BCUT2D eigenvalue weighted by atomic mass is 10.1. The minimum absolute atomic E-state index is 0.117. The number of hydrogen-bond acceptors (Lipinski definition) is 2. The van der Waals surface area contributed by atoms with Gasteiger partial charge in [0.2, 0.25) is 0 Å². The minimum Gasteiger partial charge on any atom is -0.378 e. The molecule has 20 heavy (non-hydrogen) atoms. The van der Waals surface area contributed by atoms with Gasteiger partial charge in [-0.2, -0.15) is 13.2 Å². The lowest BCUT2D eigenvalue weighted by Gasteiger charge is -2.17. The number of pyridine rings is 1. The predicted molar refractivity (Wildman–Crippen MR) is 75.4 cm³/mol. The second-order valence-electron chi connectivity index (χ2n) is 4.37. The molecule has 0 aliphatic rings. The summed E-state index contributed by atoms with van der Waals surface area (Å²) >= 11 is 3.10. The molecule has 0 bridgehead atoms. The number of nitrogens with zero attached hydrogens (tertiary/aromatic N) is 1. The van der Waals surface area contributed by atoms with Crippen molar-refractivity contribution >= 4 is 21.6 Å². The van der Waals surface area contributed by atoms with Crippen LogP contribution >= 0.6 is 15.9 Å². The van der Waals surface area contributed by atoms with Crippen LogP contribution in [0.1, 0.15) is 24.1 Å². The predicted octanol–water partition coefficient (Wildman–Crippen LogP) is 5.04.